The number of carbonyl (C=O) groups excluding carboxylic acids is 1. The van der Waals surface area contributed by atoms with Crippen LogP contribution in [0.15, 0.2) is 52.8 Å². The van der Waals surface area contributed by atoms with Crippen LogP contribution in [0.5, 0.6) is 0 Å². The maximum absolute atomic E-state index is 12.4. The van der Waals surface area contributed by atoms with Gasteiger partial charge in [-0.05, 0) is 53.5 Å². The molecular formula is C25H44N4O2. The minimum atomic E-state index is -0.479. The number of aliphatic imine (C=N–C) groups is 1. The Morgan fingerprint density at radius 3 is 2.61 bits per heavy atom. The van der Waals surface area contributed by atoms with Crippen molar-refractivity contribution in [3.05, 3.63) is 47.9 Å². The minimum absolute atomic E-state index is 0. The van der Waals surface area contributed by atoms with E-state index in [0.29, 0.717) is 19.6 Å². The Kier molecular flexibility index (Phi) is 10.6. The highest BCUT2D eigenvalue weighted by molar-refractivity contribution is 6.06. The molecule has 2 rings (SSSR count). The van der Waals surface area contributed by atoms with Gasteiger partial charge in [-0.2, -0.15) is 0 Å². The van der Waals surface area contributed by atoms with Crippen molar-refractivity contribution < 1.29 is 11.0 Å². The molecule has 176 valence electrons. The van der Waals surface area contributed by atoms with Crippen LogP contribution in [-0.4, -0.2) is 59.6 Å². The SMILES string of the molecule is C=CCC1=CNC(=NC/C=C\C)/C1=C(\C)N1CCN(C(=O)OC(C)(C)C)C[C@@H]1C.CC.[HH]. The second-order valence-corrected chi connectivity index (χ2v) is 8.49. The summed E-state index contributed by atoms with van der Waals surface area (Å²) in [6.45, 7) is 22.6. The summed E-state index contributed by atoms with van der Waals surface area (Å²) < 4.78 is 5.54. The van der Waals surface area contributed by atoms with E-state index < -0.39 is 5.60 Å². The lowest BCUT2D eigenvalue weighted by Gasteiger charge is -2.42. The number of ether oxygens (including phenoxy) is 1. The molecule has 0 spiro atoms. The molecule has 0 bridgehead atoms. The Bertz CT molecular complexity index is 748. The smallest absolute Gasteiger partial charge is 0.410 e. The third kappa shape index (κ3) is 7.60. The largest absolute Gasteiger partial charge is 0.444 e. The molecule has 0 saturated carbocycles. The number of piperazine rings is 1. The molecule has 0 radical (unpaired) electrons. The molecule has 1 saturated heterocycles. The van der Waals surface area contributed by atoms with Crippen LogP contribution in [0.2, 0.25) is 0 Å². The molecule has 0 aromatic heterocycles. The number of allylic oxidation sites excluding steroid dienone is 3. The second kappa shape index (κ2) is 12.4. The summed E-state index contributed by atoms with van der Waals surface area (Å²) in [5, 5.41) is 3.33. The maximum atomic E-state index is 12.4. The van der Waals surface area contributed by atoms with E-state index in [1.807, 2.05) is 66.0 Å². The number of amides is 1. The van der Waals surface area contributed by atoms with Crippen molar-refractivity contribution in [2.75, 3.05) is 26.2 Å². The number of carbonyl (C=O) groups is 1. The molecule has 0 unspecified atom stereocenters. The van der Waals surface area contributed by atoms with E-state index in [9.17, 15) is 4.79 Å². The van der Waals surface area contributed by atoms with Crippen molar-refractivity contribution in [1.82, 2.24) is 15.1 Å². The van der Waals surface area contributed by atoms with E-state index in [1.165, 1.54) is 11.3 Å². The first-order valence-electron chi connectivity index (χ1n) is 11.4. The first-order valence-corrected chi connectivity index (χ1v) is 11.4. The molecule has 6 heteroatoms. The molecule has 31 heavy (non-hydrogen) atoms. The summed E-state index contributed by atoms with van der Waals surface area (Å²) in [5.74, 6) is 0.902. The molecule has 2 aliphatic rings. The van der Waals surface area contributed by atoms with Gasteiger partial charge in [0.25, 0.3) is 0 Å². The summed E-state index contributed by atoms with van der Waals surface area (Å²) in [4.78, 5) is 21.3. The maximum Gasteiger partial charge on any atom is 0.410 e. The van der Waals surface area contributed by atoms with Gasteiger partial charge < -0.3 is 19.9 Å². The van der Waals surface area contributed by atoms with Crippen LogP contribution in [0.1, 0.15) is 63.2 Å². The van der Waals surface area contributed by atoms with Crippen molar-refractivity contribution in [2.24, 2.45) is 4.99 Å². The monoisotopic (exact) mass is 432 g/mol. The van der Waals surface area contributed by atoms with Crippen LogP contribution < -0.4 is 5.32 Å². The van der Waals surface area contributed by atoms with E-state index in [-0.39, 0.29) is 13.6 Å². The zero-order valence-electron chi connectivity index (χ0n) is 20.8. The number of amidine groups is 1. The lowest BCUT2D eigenvalue weighted by Crippen LogP contribution is -2.54. The average molecular weight is 433 g/mol. The molecule has 0 aromatic rings. The van der Waals surface area contributed by atoms with Gasteiger partial charge in [0, 0.05) is 44.6 Å². The van der Waals surface area contributed by atoms with Crippen molar-refractivity contribution in [3.8, 4) is 0 Å². The first kappa shape index (κ1) is 26.5. The molecule has 0 aromatic carbocycles. The Labute approximate surface area is 190 Å². The molecule has 1 amide bonds. The lowest BCUT2D eigenvalue weighted by atomic mass is 10.0. The van der Waals surface area contributed by atoms with E-state index in [4.69, 9.17) is 9.73 Å². The van der Waals surface area contributed by atoms with Gasteiger partial charge in [-0.15, -0.1) is 6.58 Å². The van der Waals surface area contributed by atoms with Crippen molar-refractivity contribution >= 4 is 11.9 Å². The third-order valence-electron chi connectivity index (χ3n) is 4.97. The first-order chi connectivity index (χ1) is 14.7. The number of hydrogen-bond donors (Lipinski definition) is 1. The minimum Gasteiger partial charge on any atom is -0.444 e. The Morgan fingerprint density at radius 1 is 1.39 bits per heavy atom. The third-order valence-corrected chi connectivity index (χ3v) is 4.97. The molecule has 1 N–H and O–H groups in total. The van der Waals surface area contributed by atoms with E-state index in [2.05, 4.69) is 30.6 Å². The van der Waals surface area contributed by atoms with Gasteiger partial charge in [-0.25, -0.2) is 4.79 Å². The molecule has 2 heterocycles. The van der Waals surface area contributed by atoms with Gasteiger partial charge in [0.05, 0.1) is 6.54 Å². The molecule has 1 atom stereocenters. The number of nitrogens with one attached hydrogen (secondary N) is 1. The van der Waals surface area contributed by atoms with Gasteiger partial charge in [0.1, 0.15) is 11.4 Å². The van der Waals surface area contributed by atoms with Gasteiger partial charge in [-0.1, -0.05) is 32.1 Å². The molecule has 2 aliphatic heterocycles. The molecule has 6 nitrogen and oxygen atoms in total. The summed E-state index contributed by atoms with van der Waals surface area (Å²) in [6.07, 6.45) is 8.53. The van der Waals surface area contributed by atoms with Crippen LogP contribution in [0, 0.1) is 0 Å². The van der Waals surface area contributed by atoms with Crippen LogP contribution in [0.4, 0.5) is 4.79 Å². The summed E-state index contributed by atoms with van der Waals surface area (Å²) in [5.41, 5.74) is 3.04. The van der Waals surface area contributed by atoms with E-state index in [0.717, 1.165) is 24.4 Å². The number of rotatable bonds is 5. The standard InChI is InChI=1S/C23H36N4O2.C2H6.H2/c1-8-10-12-24-21-20(19(11-9-2)15-25-21)18(4)27-14-13-26(16-17(27)3)22(28)29-23(5,6)7;1-2;/h8-10,15,17H,2,11-14,16H2,1,3-7H3,(H,24,25);1-2H3;1H/b10-8-,20-18+;;/t17-;;/m0../s1. The van der Waals surface area contributed by atoms with Crippen molar-refractivity contribution in [3.63, 3.8) is 0 Å². The van der Waals surface area contributed by atoms with E-state index >= 15 is 0 Å². The van der Waals surface area contributed by atoms with Gasteiger partial charge in [0.2, 0.25) is 0 Å². The van der Waals surface area contributed by atoms with Crippen LogP contribution in [0.3, 0.4) is 0 Å². The highest BCUT2D eigenvalue weighted by Crippen LogP contribution is 2.28. The van der Waals surface area contributed by atoms with Gasteiger partial charge in [-0.3, -0.25) is 4.99 Å². The van der Waals surface area contributed by atoms with Crippen molar-refractivity contribution in [2.45, 2.75) is 73.5 Å². The predicted molar refractivity (Wildman–Crippen MR) is 133 cm³/mol. The highest BCUT2D eigenvalue weighted by atomic mass is 16.6. The number of hydrogen-bond acceptors (Lipinski definition) is 4. The lowest BCUT2D eigenvalue weighted by molar-refractivity contribution is 0.0101. The normalized spacial score (nSPS) is 22.0. The Balaban J connectivity index is 0.00000311. The van der Waals surface area contributed by atoms with E-state index in [1.54, 1.807) is 4.90 Å². The topological polar surface area (TPSA) is 57.2 Å². The summed E-state index contributed by atoms with van der Waals surface area (Å²) in [7, 11) is 0. The average Bonchev–Trinajstić information content (AvgIpc) is 3.10. The fourth-order valence-electron chi connectivity index (χ4n) is 3.64. The predicted octanol–water partition coefficient (Wildman–Crippen LogP) is 5.51. The highest BCUT2D eigenvalue weighted by Gasteiger charge is 2.32. The zero-order valence-corrected chi connectivity index (χ0v) is 20.8. The van der Waals surface area contributed by atoms with Crippen LogP contribution in [-0.2, 0) is 4.74 Å². The fourth-order valence-corrected chi connectivity index (χ4v) is 3.64. The molecule has 0 aliphatic carbocycles. The molecule has 1 fully saturated rings. The number of nitrogens with zero attached hydrogens (tertiary/aromatic N) is 3. The second-order valence-electron chi connectivity index (χ2n) is 8.49. The van der Waals surface area contributed by atoms with Gasteiger partial charge in [0.15, 0.2) is 0 Å². The summed E-state index contributed by atoms with van der Waals surface area (Å²) in [6, 6.07) is 0.186. The quantitative estimate of drug-likeness (QED) is 0.582. The zero-order chi connectivity index (χ0) is 23.6. The Morgan fingerprint density at radius 2 is 2.06 bits per heavy atom. The van der Waals surface area contributed by atoms with Gasteiger partial charge >= 0.3 is 6.09 Å². The Hall–Kier alpha value is -2.50. The molecular weight excluding hydrogens is 388 g/mol. The van der Waals surface area contributed by atoms with Crippen LogP contribution in [0.25, 0.3) is 0 Å². The van der Waals surface area contributed by atoms with Crippen molar-refractivity contribution in [1.29, 1.82) is 0 Å². The fraction of sp³-hybridized carbons (Fsp3) is 0.600. The summed E-state index contributed by atoms with van der Waals surface area (Å²) >= 11 is 0. The van der Waals surface area contributed by atoms with Crippen LogP contribution >= 0.6 is 0 Å².